The lowest BCUT2D eigenvalue weighted by Crippen LogP contribution is -2.31. The summed E-state index contributed by atoms with van der Waals surface area (Å²) in [4.78, 5) is 14.5. The lowest BCUT2D eigenvalue weighted by molar-refractivity contribution is -0.132. The van der Waals surface area contributed by atoms with Crippen LogP contribution in [0.2, 0.25) is 5.02 Å². The molecule has 0 spiro atoms. The largest absolute Gasteiger partial charge is 0.419 e. The maximum Gasteiger partial charge on any atom is 0.249 e. The van der Waals surface area contributed by atoms with Gasteiger partial charge < -0.3 is 9.32 Å². The van der Waals surface area contributed by atoms with Crippen molar-refractivity contribution in [3.05, 3.63) is 35.2 Å². The number of hydrogen-bond donors (Lipinski definition) is 0. The molecule has 1 aliphatic rings. The SMILES string of the molecule is CCCN(Cc1nnc(-c2ccccc2Cl)o1)C(=O)CCC1CCCC1. The van der Waals surface area contributed by atoms with E-state index >= 15 is 0 Å². The van der Waals surface area contributed by atoms with Crippen LogP contribution in [0.15, 0.2) is 28.7 Å². The van der Waals surface area contributed by atoms with Gasteiger partial charge in [0.25, 0.3) is 0 Å². The normalized spacial score (nSPS) is 14.7. The van der Waals surface area contributed by atoms with E-state index in [1.165, 1.54) is 25.7 Å². The van der Waals surface area contributed by atoms with E-state index in [-0.39, 0.29) is 5.91 Å². The maximum atomic E-state index is 12.6. The molecule has 1 aromatic heterocycles. The molecule has 0 aliphatic heterocycles. The van der Waals surface area contributed by atoms with Crippen LogP contribution in [0.4, 0.5) is 0 Å². The van der Waals surface area contributed by atoms with E-state index in [0.29, 0.717) is 41.9 Å². The van der Waals surface area contributed by atoms with E-state index < -0.39 is 0 Å². The first kappa shape index (κ1) is 18.9. The van der Waals surface area contributed by atoms with Crippen molar-refractivity contribution in [2.24, 2.45) is 5.92 Å². The van der Waals surface area contributed by atoms with Gasteiger partial charge in [-0.1, -0.05) is 56.3 Å². The molecule has 2 aromatic rings. The third kappa shape index (κ3) is 4.85. The van der Waals surface area contributed by atoms with Crippen LogP contribution in [0.25, 0.3) is 11.5 Å². The van der Waals surface area contributed by atoms with E-state index in [4.69, 9.17) is 16.0 Å². The molecule has 1 fully saturated rings. The summed E-state index contributed by atoms with van der Waals surface area (Å²) in [7, 11) is 0. The van der Waals surface area contributed by atoms with E-state index in [9.17, 15) is 4.79 Å². The van der Waals surface area contributed by atoms with Crippen LogP contribution in [-0.2, 0) is 11.3 Å². The van der Waals surface area contributed by atoms with Gasteiger partial charge in [0.05, 0.1) is 17.1 Å². The van der Waals surface area contributed by atoms with E-state index in [2.05, 4.69) is 17.1 Å². The van der Waals surface area contributed by atoms with Crippen molar-refractivity contribution >= 4 is 17.5 Å². The Labute approximate surface area is 159 Å². The van der Waals surface area contributed by atoms with Gasteiger partial charge in [-0.05, 0) is 30.9 Å². The van der Waals surface area contributed by atoms with Gasteiger partial charge in [0, 0.05) is 13.0 Å². The Hall–Kier alpha value is -1.88. The van der Waals surface area contributed by atoms with Crippen molar-refractivity contribution in [2.75, 3.05) is 6.54 Å². The first-order valence-electron chi connectivity index (χ1n) is 9.52. The average Bonchev–Trinajstić information content (AvgIpc) is 3.31. The quantitative estimate of drug-likeness (QED) is 0.644. The fraction of sp³-hybridized carbons (Fsp3) is 0.550. The molecule has 3 rings (SSSR count). The third-order valence-corrected chi connectivity index (χ3v) is 5.31. The second kappa shape index (κ2) is 9.17. The molecule has 26 heavy (non-hydrogen) atoms. The van der Waals surface area contributed by atoms with Crippen molar-refractivity contribution in [1.29, 1.82) is 0 Å². The van der Waals surface area contributed by atoms with E-state index in [1.807, 2.05) is 23.1 Å². The minimum Gasteiger partial charge on any atom is -0.419 e. The van der Waals surface area contributed by atoms with Crippen LogP contribution in [0.3, 0.4) is 0 Å². The van der Waals surface area contributed by atoms with Crippen molar-refractivity contribution < 1.29 is 9.21 Å². The Morgan fingerprint density at radius 1 is 1.27 bits per heavy atom. The number of nitrogens with zero attached hydrogens (tertiary/aromatic N) is 3. The summed E-state index contributed by atoms with van der Waals surface area (Å²) in [5.74, 6) is 1.73. The molecule has 1 aromatic carbocycles. The number of hydrogen-bond acceptors (Lipinski definition) is 4. The standard InChI is InChI=1S/C20H26ClN3O2/c1-2-13-24(19(25)12-11-15-7-3-4-8-15)14-18-22-23-20(26-18)16-9-5-6-10-17(16)21/h5-6,9-10,15H,2-4,7-8,11-14H2,1H3. The summed E-state index contributed by atoms with van der Waals surface area (Å²) in [6, 6.07) is 7.36. The smallest absolute Gasteiger partial charge is 0.249 e. The molecule has 0 bridgehead atoms. The monoisotopic (exact) mass is 375 g/mol. The molecule has 1 aliphatic carbocycles. The fourth-order valence-corrected chi connectivity index (χ4v) is 3.79. The van der Waals surface area contributed by atoms with Crippen LogP contribution in [0.5, 0.6) is 0 Å². The minimum atomic E-state index is 0.177. The van der Waals surface area contributed by atoms with Crippen LogP contribution in [-0.4, -0.2) is 27.5 Å². The highest BCUT2D eigenvalue weighted by atomic mass is 35.5. The Kier molecular flexibility index (Phi) is 6.67. The predicted molar refractivity (Wildman–Crippen MR) is 102 cm³/mol. The van der Waals surface area contributed by atoms with Gasteiger partial charge in [-0.3, -0.25) is 4.79 Å². The minimum absolute atomic E-state index is 0.177. The van der Waals surface area contributed by atoms with Crippen LogP contribution in [0.1, 0.15) is 57.8 Å². The van der Waals surface area contributed by atoms with Crippen molar-refractivity contribution in [2.45, 2.75) is 58.4 Å². The summed E-state index contributed by atoms with van der Waals surface area (Å²) >= 11 is 6.19. The Morgan fingerprint density at radius 2 is 2.04 bits per heavy atom. The number of carbonyl (C=O) groups excluding carboxylic acids is 1. The van der Waals surface area contributed by atoms with Gasteiger partial charge in [-0.25, -0.2) is 0 Å². The summed E-state index contributed by atoms with van der Waals surface area (Å²) < 4.78 is 5.75. The molecule has 1 heterocycles. The molecule has 0 atom stereocenters. The summed E-state index contributed by atoms with van der Waals surface area (Å²) in [6.07, 6.45) is 7.66. The van der Waals surface area contributed by atoms with E-state index in [0.717, 1.165) is 18.8 Å². The van der Waals surface area contributed by atoms with Gasteiger partial charge in [0.15, 0.2) is 0 Å². The number of aromatic nitrogens is 2. The summed E-state index contributed by atoms with van der Waals surface area (Å²) in [6.45, 7) is 3.13. The highest BCUT2D eigenvalue weighted by molar-refractivity contribution is 6.33. The van der Waals surface area contributed by atoms with Gasteiger partial charge in [0.1, 0.15) is 0 Å². The molecular formula is C20H26ClN3O2. The first-order chi connectivity index (χ1) is 12.7. The second-order valence-electron chi connectivity index (χ2n) is 6.99. The Balaban J connectivity index is 1.62. The summed E-state index contributed by atoms with van der Waals surface area (Å²) in [5.41, 5.74) is 0.711. The second-order valence-corrected chi connectivity index (χ2v) is 7.39. The lowest BCUT2D eigenvalue weighted by atomic mass is 10.0. The Bertz CT molecular complexity index is 725. The molecule has 0 unspecified atom stereocenters. The molecular weight excluding hydrogens is 350 g/mol. The van der Waals surface area contributed by atoms with E-state index in [1.54, 1.807) is 6.07 Å². The molecule has 1 amide bonds. The zero-order chi connectivity index (χ0) is 18.4. The van der Waals surface area contributed by atoms with Crippen molar-refractivity contribution in [1.82, 2.24) is 15.1 Å². The van der Waals surface area contributed by atoms with Crippen molar-refractivity contribution in [3.8, 4) is 11.5 Å². The molecule has 5 nitrogen and oxygen atoms in total. The molecule has 6 heteroatoms. The number of carbonyl (C=O) groups is 1. The van der Waals surface area contributed by atoms with Crippen LogP contribution < -0.4 is 0 Å². The predicted octanol–water partition coefficient (Wildman–Crippen LogP) is 5.10. The molecule has 0 saturated heterocycles. The number of benzene rings is 1. The Morgan fingerprint density at radius 3 is 2.77 bits per heavy atom. The molecule has 140 valence electrons. The molecule has 0 N–H and O–H groups in total. The van der Waals surface area contributed by atoms with Gasteiger partial charge in [-0.2, -0.15) is 0 Å². The molecule has 0 radical (unpaired) electrons. The average molecular weight is 376 g/mol. The zero-order valence-electron chi connectivity index (χ0n) is 15.3. The fourth-order valence-electron chi connectivity index (χ4n) is 3.57. The van der Waals surface area contributed by atoms with Gasteiger partial charge >= 0.3 is 0 Å². The topological polar surface area (TPSA) is 59.2 Å². The number of rotatable bonds is 8. The number of amides is 1. The molecule has 1 saturated carbocycles. The lowest BCUT2D eigenvalue weighted by Gasteiger charge is -2.21. The van der Waals surface area contributed by atoms with Crippen molar-refractivity contribution in [3.63, 3.8) is 0 Å². The van der Waals surface area contributed by atoms with Crippen LogP contribution >= 0.6 is 11.6 Å². The highest BCUT2D eigenvalue weighted by Crippen LogP contribution is 2.29. The zero-order valence-corrected chi connectivity index (χ0v) is 16.0. The third-order valence-electron chi connectivity index (χ3n) is 4.98. The first-order valence-corrected chi connectivity index (χ1v) is 9.90. The van der Waals surface area contributed by atoms with Crippen LogP contribution in [0, 0.1) is 5.92 Å². The summed E-state index contributed by atoms with van der Waals surface area (Å²) in [5, 5.41) is 8.77. The maximum absolute atomic E-state index is 12.6. The number of halogens is 1. The van der Waals surface area contributed by atoms with Gasteiger partial charge in [-0.15, -0.1) is 10.2 Å². The van der Waals surface area contributed by atoms with Gasteiger partial charge in [0.2, 0.25) is 17.7 Å². The highest BCUT2D eigenvalue weighted by Gasteiger charge is 2.21.